The second-order valence-electron chi connectivity index (χ2n) is 12.6. The Kier molecular flexibility index (Phi) is 9.21. The van der Waals surface area contributed by atoms with Crippen molar-refractivity contribution in [1.29, 1.82) is 0 Å². The normalized spacial score (nSPS) is 31.3. The zero-order chi connectivity index (χ0) is 30.6. The summed E-state index contributed by atoms with van der Waals surface area (Å²) in [6.07, 6.45) is 4.27. The number of fused-ring (bicyclic) bond motifs is 1. The van der Waals surface area contributed by atoms with Crippen molar-refractivity contribution < 1.29 is 33.3 Å². The van der Waals surface area contributed by atoms with Gasteiger partial charge in [-0.05, 0) is 67.4 Å². The van der Waals surface area contributed by atoms with Gasteiger partial charge in [0.25, 0.3) is 0 Å². The van der Waals surface area contributed by atoms with Crippen molar-refractivity contribution in [2.75, 3.05) is 6.61 Å². The van der Waals surface area contributed by atoms with Gasteiger partial charge in [0.05, 0.1) is 12.2 Å². The number of hydrogen-bond donors (Lipinski definition) is 0. The van der Waals surface area contributed by atoms with E-state index in [1.54, 1.807) is 0 Å². The van der Waals surface area contributed by atoms with Crippen LogP contribution in [0.4, 0.5) is 0 Å². The van der Waals surface area contributed by atoms with Gasteiger partial charge in [0.2, 0.25) is 0 Å². The summed E-state index contributed by atoms with van der Waals surface area (Å²) in [7, 11) is 0. The van der Waals surface area contributed by atoms with Crippen LogP contribution in [0.15, 0.2) is 84.5 Å². The van der Waals surface area contributed by atoms with E-state index in [2.05, 4.69) is 13.5 Å². The molecule has 2 aromatic carbocycles. The monoisotopic (exact) mass is 586 g/mol. The third-order valence-corrected chi connectivity index (χ3v) is 9.95. The minimum atomic E-state index is -1.03. The maximum absolute atomic E-state index is 14.0. The van der Waals surface area contributed by atoms with Gasteiger partial charge in [-0.25, -0.2) is 4.79 Å². The Bertz CT molecular complexity index is 1370. The first-order valence-corrected chi connectivity index (χ1v) is 15.2. The van der Waals surface area contributed by atoms with Crippen molar-refractivity contribution >= 4 is 17.9 Å². The standard InChI is InChI=1S/C36H42O7/c1-24-15-18-31-35(3,29(24)17-16-28-30(23-41-33(28)38)40-21-26-11-7-5-8-12-26)20-19-32(43-25(2)37)36(31,4)34(39)42-22-27-13-9-6-10-14-27/h5-14,16,29-32H,1,15,17-23H2,2-4H3/b28-16+/t29-,30-,31+,32-,35+,36+/m1/s1. The van der Waals surface area contributed by atoms with Crippen LogP contribution < -0.4 is 0 Å². The predicted octanol–water partition coefficient (Wildman–Crippen LogP) is 6.51. The van der Waals surface area contributed by atoms with Crippen LogP contribution in [0.25, 0.3) is 0 Å². The van der Waals surface area contributed by atoms with Crippen LogP contribution >= 0.6 is 0 Å². The number of allylic oxidation sites excluding steroid dienone is 2. The van der Waals surface area contributed by atoms with Crippen molar-refractivity contribution in [3.63, 3.8) is 0 Å². The van der Waals surface area contributed by atoms with E-state index in [9.17, 15) is 14.4 Å². The number of carbonyl (C=O) groups is 3. The highest BCUT2D eigenvalue weighted by Crippen LogP contribution is 2.62. The Morgan fingerprint density at radius 1 is 1.00 bits per heavy atom. The maximum Gasteiger partial charge on any atom is 0.336 e. The molecule has 2 aromatic rings. The highest BCUT2D eigenvalue weighted by atomic mass is 16.6. The first-order chi connectivity index (χ1) is 20.6. The predicted molar refractivity (Wildman–Crippen MR) is 161 cm³/mol. The van der Waals surface area contributed by atoms with Crippen LogP contribution in [0, 0.1) is 22.7 Å². The number of cyclic esters (lactones) is 1. The second kappa shape index (κ2) is 12.9. The van der Waals surface area contributed by atoms with Gasteiger partial charge in [0.15, 0.2) is 0 Å². The molecule has 0 aromatic heterocycles. The first kappa shape index (κ1) is 30.7. The molecule has 0 radical (unpaired) electrons. The highest BCUT2D eigenvalue weighted by Gasteiger charge is 2.63. The van der Waals surface area contributed by atoms with Gasteiger partial charge < -0.3 is 18.9 Å². The van der Waals surface area contributed by atoms with Crippen molar-refractivity contribution in [2.24, 2.45) is 22.7 Å². The molecule has 1 heterocycles. The SMILES string of the molecule is C=C1CC[C@H]2[C@@](C)(CC[C@@H](OC(C)=O)[C@@]2(C)C(=O)OCc2ccccc2)[C@@H]1C/C=C1/C(=O)OC[C@H]1OCc1ccccc1. The largest absolute Gasteiger partial charge is 0.461 e. The molecule has 7 nitrogen and oxygen atoms in total. The molecule has 228 valence electrons. The zero-order valence-corrected chi connectivity index (χ0v) is 25.4. The van der Waals surface area contributed by atoms with Gasteiger partial charge in [-0.1, -0.05) is 85.8 Å². The highest BCUT2D eigenvalue weighted by molar-refractivity contribution is 5.91. The van der Waals surface area contributed by atoms with E-state index in [-0.39, 0.29) is 42.4 Å². The van der Waals surface area contributed by atoms with Crippen LogP contribution in [0.2, 0.25) is 0 Å². The Morgan fingerprint density at radius 2 is 1.65 bits per heavy atom. The number of benzene rings is 2. The van der Waals surface area contributed by atoms with E-state index in [4.69, 9.17) is 18.9 Å². The second-order valence-corrected chi connectivity index (χ2v) is 12.6. The van der Waals surface area contributed by atoms with E-state index in [1.807, 2.05) is 73.7 Å². The fourth-order valence-electron chi connectivity index (χ4n) is 7.64. The van der Waals surface area contributed by atoms with Crippen molar-refractivity contribution in [3.8, 4) is 0 Å². The topological polar surface area (TPSA) is 88.1 Å². The molecular formula is C36H42O7. The average Bonchev–Trinajstić information content (AvgIpc) is 3.35. The molecule has 0 N–H and O–H groups in total. The van der Waals surface area contributed by atoms with Gasteiger partial charge >= 0.3 is 17.9 Å². The van der Waals surface area contributed by atoms with Crippen LogP contribution in [0.5, 0.6) is 0 Å². The van der Waals surface area contributed by atoms with E-state index >= 15 is 0 Å². The quantitative estimate of drug-likeness (QED) is 0.143. The summed E-state index contributed by atoms with van der Waals surface area (Å²) in [5, 5.41) is 0. The van der Waals surface area contributed by atoms with Crippen molar-refractivity contribution in [3.05, 3.63) is 95.6 Å². The fourth-order valence-corrected chi connectivity index (χ4v) is 7.64. The fraction of sp³-hybridized carbons (Fsp3) is 0.472. The first-order valence-electron chi connectivity index (χ1n) is 15.2. The van der Waals surface area contributed by atoms with E-state index in [0.29, 0.717) is 25.0 Å². The number of rotatable bonds is 9. The third kappa shape index (κ3) is 6.32. The number of esters is 3. The summed E-state index contributed by atoms with van der Waals surface area (Å²) in [4.78, 5) is 38.9. The summed E-state index contributed by atoms with van der Waals surface area (Å²) < 4.78 is 23.2. The van der Waals surface area contributed by atoms with Gasteiger partial charge in [-0.15, -0.1) is 0 Å². The molecule has 2 aliphatic carbocycles. The number of hydrogen-bond acceptors (Lipinski definition) is 7. The minimum absolute atomic E-state index is 0.0152. The third-order valence-electron chi connectivity index (χ3n) is 9.95. The molecule has 1 aliphatic heterocycles. The number of ether oxygens (including phenoxy) is 4. The minimum Gasteiger partial charge on any atom is -0.461 e. The van der Waals surface area contributed by atoms with Crippen molar-refractivity contribution in [2.45, 2.75) is 78.3 Å². The molecule has 3 aliphatic rings. The van der Waals surface area contributed by atoms with Gasteiger partial charge in [0, 0.05) is 6.92 Å². The lowest BCUT2D eigenvalue weighted by Gasteiger charge is -2.59. The van der Waals surface area contributed by atoms with Crippen molar-refractivity contribution in [1.82, 2.24) is 0 Å². The summed E-state index contributed by atoms with van der Waals surface area (Å²) >= 11 is 0. The molecule has 0 unspecified atom stereocenters. The Balaban J connectivity index is 1.38. The van der Waals surface area contributed by atoms with E-state index in [1.165, 1.54) is 6.92 Å². The lowest BCUT2D eigenvalue weighted by atomic mass is 9.46. The molecule has 7 heteroatoms. The van der Waals surface area contributed by atoms with Gasteiger partial charge in [0.1, 0.15) is 30.8 Å². The van der Waals surface area contributed by atoms with Crippen LogP contribution in [-0.2, 0) is 46.5 Å². The number of carbonyl (C=O) groups excluding carboxylic acids is 3. The molecule has 5 rings (SSSR count). The van der Waals surface area contributed by atoms with Crippen LogP contribution in [0.1, 0.15) is 64.0 Å². The molecule has 6 atom stereocenters. The smallest absolute Gasteiger partial charge is 0.336 e. The molecule has 0 spiro atoms. The molecule has 1 saturated heterocycles. The summed E-state index contributed by atoms with van der Waals surface area (Å²) in [6.45, 7) is 10.7. The van der Waals surface area contributed by atoms with E-state index < -0.39 is 23.6 Å². The molecule has 43 heavy (non-hydrogen) atoms. The Morgan fingerprint density at radius 3 is 2.30 bits per heavy atom. The van der Waals surface area contributed by atoms with Crippen LogP contribution in [0.3, 0.4) is 0 Å². The molecule has 2 saturated carbocycles. The average molecular weight is 587 g/mol. The van der Waals surface area contributed by atoms with Gasteiger partial charge in [-0.2, -0.15) is 0 Å². The zero-order valence-electron chi connectivity index (χ0n) is 25.4. The van der Waals surface area contributed by atoms with Crippen LogP contribution in [-0.4, -0.2) is 36.7 Å². The molecule has 3 fully saturated rings. The summed E-state index contributed by atoms with van der Waals surface area (Å²) in [5.41, 5.74) is 2.21. The summed E-state index contributed by atoms with van der Waals surface area (Å²) in [5.74, 6) is -1.21. The van der Waals surface area contributed by atoms with Gasteiger partial charge in [-0.3, -0.25) is 9.59 Å². The van der Waals surface area contributed by atoms with E-state index in [0.717, 1.165) is 36.0 Å². The molecule has 0 amide bonds. The lowest BCUT2D eigenvalue weighted by Crippen LogP contribution is -2.60. The lowest BCUT2D eigenvalue weighted by molar-refractivity contribution is -0.199. The molecule has 0 bridgehead atoms. The maximum atomic E-state index is 14.0. The Labute approximate surface area is 254 Å². The Hall–Kier alpha value is -3.71. The summed E-state index contributed by atoms with van der Waals surface area (Å²) in [6, 6.07) is 19.4. The molecular weight excluding hydrogens is 544 g/mol.